The maximum Gasteiger partial charge on any atom is 0.431 e. The third-order valence-corrected chi connectivity index (χ3v) is 4.38. The molecule has 160 valence electrons. The van der Waals surface area contributed by atoms with Gasteiger partial charge in [0, 0.05) is 19.4 Å². The fourth-order valence-corrected chi connectivity index (χ4v) is 3.31. The minimum Gasteiger partial charge on any atom is -0.466 e. The molecule has 1 aliphatic heterocycles. The van der Waals surface area contributed by atoms with Crippen molar-refractivity contribution in [2.24, 2.45) is 5.92 Å². The molecule has 0 saturated heterocycles. The lowest BCUT2D eigenvalue weighted by atomic mass is 9.83. The zero-order valence-electron chi connectivity index (χ0n) is 16.1. The van der Waals surface area contributed by atoms with E-state index in [0.717, 1.165) is 20.4 Å². The lowest BCUT2D eigenvalue weighted by Gasteiger charge is -2.39. The molecule has 0 amide bonds. The summed E-state index contributed by atoms with van der Waals surface area (Å²) >= 11 is 0. The molecule has 0 bridgehead atoms. The van der Waals surface area contributed by atoms with Crippen molar-refractivity contribution in [1.29, 1.82) is 0 Å². The van der Waals surface area contributed by atoms with E-state index in [4.69, 9.17) is 0 Å². The summed E-state index contributed by atoms with van der Waals surface area (Å²) in [5.41, 5.74) is -3.52. The molecule has 0 aliphatic carbocycles. The van der Waals surface area contributed by atoms with E-state index in [0.29, 0.717) is 4.68 Å². The fourth-order valence-electron chi connectivity index (χ4n) is 3.31. The van der Waals surface area contributed by atoms with Gasteiger partial charge in [-0.3, -0.25) is 4.79 Å². The minimum absolute atomic E-state index is 0.219. The van der Waals surface area contributed by atoms with Crippen LogP contribution in [0.3, 0.4) is 0 Å². The number of likely N-dealkylation sites (N-methyl/N-ethyl adjacent to an activating group) is 1. The molecule has 2 heterocycles. The zero-order chi connectivity index (χ0) is 22.1. The number of hydrogen-bond acceptors (Lipinski definition) is 5. The van der Waals surface area contributed by atoms with E-state index in [1.165, 1.54) is 12.3 Å². The zero-order valence-corrected chi connectivity index (χ0v) is 16.1. The van der Waals surface area contributed by atoms with Crippen molar-refractivity contribution in [3.05, 3.63) is 40.9 Å². The van der Waals surface area contributed by atoms with E-state index in [1.807, 2.05) is 0 Å². The number of aromatic nitrogens is 2. The quantitative estimate of drug-likeness (QED) is 0.539. The van der Waals surface area contributed by atoms with Crippen LogP contribution in [0.25, 0.3) is 0 Å². The SMILES string of the molecule is COC(=O)C1=C(CC(C)C)C(C(=O)n2cccn2)=C(C(F)(F)F)N(C)C1C(F)F. The maximum atomic E-state index is 13.9. The van der Waals surface area contributed by atoms with Gasteiger partial charge < -0.3 is 9.64 Å². The predicted octanol–water partition coefficient (Wildman–Crippen LogP) is 3.43. The number of alkyl halides is 5. The van der Waals surface area contributed by atoms with Gasteiger partial charge in [0.15, 0.2) is 0 Å². The molecule has 0 spiro atoms. The van der Waals surface area contributed by atoms with Gasteiger partial charge in [-0.1, -0.05) is 13.8 Å². The average molecular weight is 421 g/mol. The first-order chi connectivity index (χ1) is 13.4. The molecule has 1 aromatic rings. The first kappa shape index (κ1) is 22.6. The summed E-state index contributed by atoms with van der Waals surface area (Å²) in [5, 5.41) is 3.65. The molecule has 0 aromatic carbocycles. The second-order valence-electron chi connectivity index (χ2n) is 6.85. The van der Waals surface area contributed by atoms with Gasteiger partial charge in [-0.2, -0.15) is 18.3 Å². The Bertz CT molecular complexity index is 841. The molecule has 11 heteroatoms. The maximum absolute atomic E-state index is 13.9. The van der Waals surface area contributed by atoms with Crippen LogP contribution in [0.1, 0.15) is 25.1 Å². The van der Waals surface area contributed by atoms with Crippen molar-refractivity contribution < 1.29 is 36.3 Å². The number of allylic oxidation sites excluding steroid dienone is 3. The van der Waals surface area contributed by atoms with E-state index in [2.05, 4.69) is 9.84 Å². The Balaban J connectivity index is 2.94. The summed E-state index contributed by atoms with van der Waals surface area (Å²) in [6.07, 6.45) is -6.37. The van der Waals surface area contributed by atoms with Crippen molar-refractivity contribution in [3.63, 3.8) is 0 Å². The molecule has 0 N–H and O–H groups in total. The van der Waals surface area contributed by atoms with Gasteiger partial charge in [0.1, 0.15) is 11.7 Å². The fraction of sp³-hybridized carbons (Fsp3) is 0.500. The highest BCUT2D eigenvalue weighted by atomic mass is 19.4. The summed E-state index contributed by atoms with van der Waals surface area (Å²) < 4.78 is 74.7. The Morgan fingerprint density at radius 3 is 2.31 bits per heavy atom. The van der Waals surface area contributed by atoms with Gasteiger partial charge >= 0.3 is 12.1 Å². The van der Waals surface area contributed by atoms with Crippen LogP contribution < -0.4 is 0 Å². The molecular formula is C18H20F5N3O3. The summed E-state index contributed by atoms with van der Waals surface area (Å²) in [4.78, 5) is 25.5. The van der Waals surface area contributed by atoms with Crippen LogP contribution in [0.4, 0.5) is 22.0 Å². The summed E-state index contributed by atoms with van der Waals surface area (Å²) in [5.74, 6) is -2.75. The number of halogens is 5. The Labute approximate surface area is 163 Å². The standard InChI is InChI=1S/C18H20F5N3O3/c1-9(2)8-10-11(17(28)29-4)13(15(19)20)25(3)14(18(21,22)23)12(10)16(27)26-7-5-6-24-26/h5-7,9,13,15H,8H2,1-4H3. The van der Waals surface area contributed by atoms with Crippen molar-refractivity contribution in [2.45, 2.75) is 38.9 Å². The van der Waals surface area contributed by atoms with Crippen LogP contribution in [0.2, 0.25) is 0 Å². The predicted molar refractivity (Wildman–Crippen MR) is 92.0 cm³/mol. The first-order valence-corrected chi connectivity index (χ1v) is 8.60. The number of carbonyl (C=O) groups excluding carboxylic acids is 2. The highest BCUT2D eigenvalue weighted by Crippen LogP contribution is 2.44. The smallest absolute Gasteiger partial charge is 0.431 e. The van der Waals surface area contributed by atoms with Crippen molar-refractivity contribution in [3.8, 4) is 0 Å². The summed E-state index contributed by atoms with van der Waals surface area (Å²) in [7, 11) is 1.70. The molecule has 1 aromatic heterocycles. The molecule has 0 saturated carbocycles. The van der Waals surface area contributed by atoms with Gasteiger partial charge in [-0.05, 0) is 24.0 Å². The Morgan fingerprint density at radius 2 is 1.90 bits per heavy atom. The summed E-state index contributed by atoms with van der Waals surface area (Å²) in [6, 6.07) is -0.894. The van der Waals surface area contributed by atoms with Crippen LogP contribution >= 0.6 is 0 Å². The van der Waals surface area contributed by atoms with Crippen LogP contribution in [-0.2, 0) is 9.53 Å². The molecule has 0 radical (unpaired) electrons. The molecule has 6 nitrogen and oxygen atoms in total. The second kappa shape index (κ2) is 8.34. The van der Waals surface area contributed by atoms with Crippen LogP contribution in [0, 0.1) is 5.92 Å². The topological polar surface area (TPSA) is 64.4 Å². The monoisotopic (exact) mass is 421 g/mol. The second-order valence-corrected chi connectivity index (χ2v) is 6.85. The lowest BCUT2D eigenvalue weighted by Crippen LogP contribution is -2.49. The molecule has 1 unspecified atom stereocenters. The van der Waals surface area contributed by atoms with Gasteiger partial charge in [-0.25, -0.2) is 18.3 Å². The van der Waals surface area contributed by atoms with Crippen molar-refractivity contribution in [1.82, 2.24) is 14.7 Å². The highest BCUT2D eigenvalue weighted by Gasteiger charge is 2.51. The number of carbonyl (C=O) groups is 2. The van der Waals surface area contributed by atoms with E-state index < -0.39 is 52.9 Å². The van der Waals surface area contributed by atoms with E-state index in [9.17, 15) is 31.5 Å². The van der Waals surface area contributed by atoms with E-state index >= 15 is 0 Å². The average Bonchev–Trinajstić information content (AvgIpc) is 3.13. The van der Waals surface area contributed by atoms with Crippen molar-refractivity contribution in [2.75, 3.05) is 14.2 Å². The third-order valence-electron chi connectivity index (χ3n) is 4.38. The number of esters is 1. The molecule has 29 heavy (non-hydrogen) atoms. The van der Waals surface area contributed by atoms with Gasteiger partial charge in [-0.15, -0.1) is 0 Å². The Hall–Kier alpha value is -2.72. The van der Waals surface area contributed by atoms with E-state index in [-0.39, 0.29) is 17.2 Å². The van der Waals surface area contributed by atoms with Gasteiger partial charge in [0.2, 0.25) is 0 Å². The summed E-state index contributed by atoms with van der Waals surface area (Å²) in [6.45, 7) is 3.25. The van der Waals surface area contributed by atoms with Crippen molar-refractivity contribution >= 4 is 11.9 Å². The Kier molecular flexibility index (Phi) is 6.49. The minimum atomic E-state index is -5.14. The molecule has 1 atom stereocenters. The molecule has 1 aliphatic rings. The third kappa shape index (κ3) is 4.33. The van der Waals surface area contributed by atoms with Crippen LogP contribution in [0.15, 0.2) is 40.9 Å². The molecule has 0 fully saturated rings. The number of nitrogens with zero attached hydrogens (tertiary/aromatic N) is 3. The highest BCUT2D eigenvalue weighted by molar-refractivity contribution is 6.04. The first-order valence-electron chi connectivity index (χ1n) is 8.60. The Morgan fingerprint density at radius 1 is 1.28 bits per heavy atom. The number of hydrogen-bond donors (Lipinski definition) is 0. The van der Waals surface area contributed by atoms with Gasteiger partial charge in [0.05, 0.1) is 18.3 Å². The van der Waals surface area contributed by atoms with Gasteiger partial charge in [0.25, 0.3) is 12.3 Å². The van der Waals surface area contributed by atoms with Crippen LogP contribution in [0.5, 0.6) is 0 Å². The normalized spacial score (nSPS) is 18.2. The number of rotatable bonds is 5. The molecular weight excluding hydrogens is 401 g/mol. The number of ether oxygens (including phenoxy) is 1. The van der Waals surface area contributed by atoms with Crippen LogP contribution in [-0.4, -0.2) is 59.4 Å². The molecule has 2 rings (SSSR count). The lowest BCUT2D eigenvalue weighted by molar-refractivity contribution is -0.140. The van der Waals surface area contributed by atoms with E-state index in [1.54, 1.807) is 13.8 Å². The largest absolute Gasteiger partial charge is 0.466 e. The number of methoxy groups -OCH3 is 1.